The Kier molecular flexibility index (Phi) is 3.92. The third-order valence-electron chi connectivity index (χ3n) is 5.12. The normalized spacial score (nSPS) is 20.5. The Balaban J connectivity index is 2.61. The molecule has 0 saturated heterocycles. The Hall–Kier alpha value is -0.300. The van der Waals surface area contributed by atoms with Crippen molar-refractivity contribution in [3.63, 3.8) is 0 Å². The maximum Gasteiger partial charge on any atom is 0.0283 e. The SMILES string of the molecule is CCC1(CC)CCC(C)(C)c2cc(CBr)ccc21. The zero-order valence-corrected chi connectivity index (χ0v) is 13.7. The number of hydrogen-bond acceptors (Lipinski definition) is 0. The van der Waals surface area contributed by atoms with Crippen LogP contribution in [-0.2, 0) is 16.2 Å². The lowest BCUT2D eigenvalue weighted by Gasteiger charge is -2.45. The molecule has 18 heavy (non-hydrogen) atoms. The highest BCUT2D eigenvalue weighted by Gasteiger charge is 2.40. The molecule has 0 unspecified atom stereocenters. The van der Waals surface area contributed by atoms with Gasteiger partial charge in [0.2, 0.25) is 0 Å². The molecule has 0 heterocycles. The van der Waals surface area contributed by atoms with Crippen LogP contribution in [-0.4, -0.2) is 0 Å². The van der Waals surface area contributed by atoms with Crippen molar-refractivity contribution in [1.29, 1.82) is 0 Å². The van der Waals surface area contributed by atoms with Crippen molar-refractivity contribution in [2.45, 2.75) is 69.5 Å². The van der Waals surface area contributed by atoms with Crippen LogP contribution in [0.25, 0.3) is 0 Å². The van der Waals surface area contributed by atoms with Gasteiger partial charge in [-0.05, 0) is 53.2 Å². The molecule has 0 nitrogen and oxygen atoms in total. The Morgan fingerprint density at radius 1 is 1.06 bits per heavy atom. The average Bonchev–Trinajstić information content (AvgIpc) is 2.40. The van der Waals surface area contributed by atoms with E-state index in [9.17, 15) is 0 Å². The first-order valence-corrected chi connectivity index (χ1v) is 8.31. The molecule has 1 aliphatic rings. The van der Waals surface area contributed by atoms with Gasteiger partial charge in [-0.2, -0.15) is 0 Å². The van der Waals surface area contributed by atoms with Crippen LogP contribution in [0.5, 0.6) is 0 Å². The summed E-state index contributed by atoms with van der Waals surface area (Å²) >= 11 is 3.59. The van der Waals surface area contributed by atoms with Gasteiger partial charge in [0.15, 0.2) is 0 Å². The fourth-order valence-electron chi connectivity index (χ4n) is 3.50. The molecular weight excluding hydrogens is 284 g/mol. The highest BCUT2D eigenvalue weighted by atomic mass is 79.9. The molecule has 100 valence electrons. The third-order valence-corrected chi connectivity index (χ3v) is 5.77. The predicted octanol–water partition coefficient (Wildman–Crippen LogP) is 5.71. The van der Waals surface area contributed by atoms with Crippen molar-refractivity contribution in [2.24, 2.45) is 0 Å². The van der Waals surface area contributed by atoms with Crippen LogP contribution in [0.4, 0.5) is 0 Å². The number of halogens is 1. The summed E-state index contributed by atoms with van der Waals surface area (Å²) in [6.45, 7) is 9.51. The highest BCUT2D eigenvalue weighted by molar-refractivity contribution is 9.08. The standard InChI is InChI=1S/C17H25Br/c1-5-17(6-2)10-9-16(3,4)15-11-13(12-18)7-8-14(15)17/h7-8,11H,5-6,9-10,12H2,1-4H3. The summed E-state index contributed by atoms with van der Waals surface area (Å²) in [4.78, 5) is 0. The fourth-order valence-corrected chi connectivity index (χ4v) is 3.85. The van der Waals surface area contributed by atoms with E-state index in [0.717, 1.165) is 5.33 Å². The monoisotopic (exact) mass is 308 g/mol. The Morgan fingerprint density at radius 2 is 1.72 bits per heavy atom. The lowest BCUT2D eigenvalue weighted by atomic mass is 9.59. The molecule has 0 atom stereocenters. The number of rotatable bonds is 3. The summed E-state index contributed by atoms with van der Waals surface area (Å²) in [5.41, 5.74) is 5.38. The van der Waals surface area contributed by atoms with E-state index in [2.05, 4.69) is 61.8 Å². The van der Waals surface area contributed by atoms with Gasteiger partial charge in [0, 0.05) is 5.33 Å². The van der Waals surface area contributed by atoms with Crippen molar-refractivity contribution in [2.75, 3.05) is 0 Å². The minimum atomic E-state index is 0.335. The molecular formula is C17H25Br. The number of alkyl halides is 1. The first kappa shape index (κ1) is 14.1. The second-order valence-electron chi connectivity index (χ2n) is 6.38. The minimum absolute atomic E-state index is 0.335. The quantitative estimate of drug-likeness (QED) is 0.627. The summed E-state index contributed by atoms with van der Waals surface area (Å²) in [5, 5.41) is 0.960. The zero-order chi connectivity index (χ0) is 13.4. The van der Waals surface area contributed by atoms with E-state index >= 15 is 0 Å². The first-order valence-electron chi connectivity index (χ1n) is 7.19. The molecule has 0 aromatic heterocycles. The lowest BCUT2D eigenvalue weighted by Crippen LogP contribution is -2.37. The van der Waals surface area contributed by atoms with Gasteiger partial charge in [-0.3, -0.25) is 0 Å². The maximum atomic E-state index is 3.59. The number of fused-ring (bicyclic) bond motifs is 1. The summed E-state index contributed by atoms with van der Waals surface area (Å²) in [5.74, 6) is 0. The van der Waals surface area contributed by atoms with Gasteiger partial charge in [-0.25, -0.2) is 0 Å². The van der Waals surface area contributed by atoms with Crippen LogP contribution < -0.4 is 0 Å². The molecule has 0 fully saturated rings. The van der Waals surface area contributed by atoms with Gasteiger partial charge in [0.25, 0.3) is 0 Å². The van der Waals surface area contributed by atoms with Crippen LogP contribution >= 0.6 is 15.9 Å². The second-order valence-corrected chi connectivity index (χ2v) is 6.95. The van der Waals surface area contributed by atoms with Gasteiger partial charge in [0.1, 0.15) is 0 Å². The fraction of sp³-hybridized carbons (Fsp3) is 0.647. The Bertz CT molecular complexity index is 427. The smallest absolute Gasteiger partial charge is 0.0283 e. The molecule has 1 heteroatoms. The molecule has 0 aliphatic heterocycles. The topological polar surface area (TPSA) is 0 Å². The zero-order valence-electron chi connectivity index (χ0n) is 12.1. The highest BCUT2D eigenvalue weighted by Crippen LogP contribution is 2.49. The molecule has 0 saturated carbocycles. The number of benzene rings is 1. The van der Waals surface area contributed by atoms with Gasteiger partial charge in [0.05, 0.1) is 0 Å². The van der Waals surface area contributed by atoms with Crippen LogP contribution in [0, 0.1) is 0 Å². The first-order chi connectivity index (χ1) is 8.49. The van der Waals surface area contributed by atoms with E-state index in [1.807, 2.05) is 0 Å². The summed E-state index contributed by atoms with van der Waals surface area (Å²) < 4.78 is 0. The van der Waals surface area contributed by atoms with Gasteiger partial charge in [-0.1, -0.05) is 61.8 Å². The molecule has 0 radical (unpaired) electrons. The maximum absolute atomic E-state index is 3.59. The lowest BCUT2D eigenvalue weighted by molar-refractivity contribution is 0.276. The van der Waals surface area contributed by atoms with E-state index in [1.165, 1.54) is 31.2 Å². The van der Waals surface area contributed by atoms with E-state index in [0.29, 0.717) is 10.8 Å². The van der Waals surface area contributed by atoms with Crippen LogP contribution in [0.1, 0.15) is 70.1 Å². The van der Waals surface area contributed by atoms with Gasteiger partial charge in [-0.15, -0.1) is 0 Å². The van der Waals surface area contributed by atoms with Crippen LogP contribution in [0.3, 0.4) is 0 Å². The molecule has 1 aromatic carbocycles. The van der Waals surface area contributed by atoms with E-state index < -0.39 is 0 Å². The van der Waals surface area contributed by atoms with Crippen molar-refractivity contribution >= 4 is 15.9 Å². The predicted molar refractivity (Wildman–Crippen MR) is 83.6 cm³/mol. The third kappa shape index (κ3) is 2.15. The van der Waals surface area contributed by atoms with Crippen LogP contribution in [0.15, 0.2) is 18.2 Å². The molecule has 0 bridgehead atoms. The van der Waals surface area contributed by atoms with E-state index in [-0.39, 0.29) is 0 Å². The van der Waals surface area contributed by atoms with Crippen molar-refractivity contribution < 1.29 is 0 Å². The molecule has 1 aromatic rings. The summed E-state index contributed by atoms with van der Waals surface area (Å²) in [6.07, 6.45) is 5.18. The minimum Gasteiger partial charge on any atom is -0.0876 e. The molecule has 0 N–H and O–H groups in total. The molecule has 0 spiro atoms. The Morgan fingerprint density at radius 3 is 2.28 bits per heavy atom. The summed E-state index contributed by atoms with van der Waals surface area (Å²) in [6, 6.07) is 7.14. The number of hydrogen-bond donors (Lipinski definition) is 0. The molecule has 2 rings (SSSR count). The van der Waals surface area contributed by atoms with Gasteiger partial charge < -0.3 is 0 Å². The van der Waals surface area contributed by atoms with Crippen LogP contribution in [0.2, 0.25) is 0 Å². The summed E-state index contributed by atoms with van der Waals surface area (Å²) in [7, 11) is 0. The average molecular weight is 309 g/mol. The Labute approximate surface area is 120 Å². The van der Waals surface area contributed by atoms with Gasteiger partial charge >= 0.3 is 0 Å². The van der Waals surface area contributed by atoms with Crippen molar-refractivity contribution in [1.82, 2.24) is 0 Å². The van der Waals surface area contributed by atoms with E-state index in [4.69, 9.17) is 0 Å². The molecule has 0 amide bonds. The van der Waals surface area contributed by atoms with E-state index in [1.54, 1.807) is 11.1 Å². The van der Waals surface area contributed by atoms with Crippen molar-refractivity contribution in [3.05, 3.63) is 34.9 Å². The second kappa shape index (κ2) is 5.00. The largest absolute Gasteiger partial charge is 0.0876 e. The molecule has 1 aliphatic carbocycles. The van der Waals surface area contributed by atoms with Crippen molar-refractivity contribution in [3.8, 4) is 0 Å².